The summed E-state index contributed by atoms with van der Waals surface area (Å²) in [5, 5.41) is 28.5. The van der Waals surface area contributed by atoms with E-state index in [2.05, 4.69) is 30.6 Å². The van der Waals surface area contributed by atoms with Gasteiger partial charge in [0.25, 0.3) is 11.4 Å². The third-order valence-electron chi connectivity index (χ3n) is 6.48. The lowest BCUT2D eigenvalue weighted by molar-refractivity contribution is -0.384. The van der Waals surface area contributed by atoms with Gasteiger partial charge in [0.2, 0.25) is 11.8 Å². The number of aromatic nitrogens is 4. The number of carbonyl (C=O) groups excluding carboxylic acids is 2. The number of H-pyrrole nitrogens is 2. The SMILES string of the molecule is O=C(CSc1nc2ccc([N+](=O)[O-])cc2[nH]1)Nc1ccc(Oc2cccc(NC(=O)CSc3nc4ccc([N+](=O)[O-])cc4[nH]3)c2)cc1. The molecule has 0 aliphatic rings. The predicted molar refractivity (Wildman–Crippen MR) is 177 cm³/mol. The Bertz CT molecular complexity index is 2150. The fourth-order valence-electron chi connectivity index (χ4n) is 4.35. The number of carbonyl (C=O) groups is 2. The van der Waals surface area contributed by atoms with Crippen molar-refractivity contribution in [3.63, 3.8) is 0 Å². The largest absolute Gasteiger partial charge is 0.457 e. The second-order valence-corrected chi connectivity index (χ2v) is 11.8. The van der Waals surface area contributed by atoms with Gasteiger partial charge in [0.05, 0.1) is 43.4 Å². The highest BCUT2D eigenvalue weighted by atomic mass is 32.2. The molecule has 15 nitrogen and oxygen atoms in total. The Morgan fingerprint density at radius 1 is 0.681 bits per heavy atom. The van der Waals surface area contributed by atoms with Crippen molar-refractivity contribution < 1.29 is 24.2 Å². The maximum Gasteiger partial charge on any atom is 0.271 e. The maximum absolute atomic E-state index is 12.6. The van der Waals surface area contributed by atoms with Crippen LogP contribution in [0.3, 0.4) is 0 Å². The van der Waals surface area contributed by atoms with Gasteiger partial charge in [-0.25, -0.2) is 9.97 Å². The number of aromatic amines is 2. The van der Waals surface area contributed by atoms with Crippen LogP contribution in [0.25, 0.3) is 22.1 Å². The minimum absolute atomic E-state index is 0.0482. The Labute approximate surface area is 272 Å². The normalized spacial score (nSPS) is 11.0. The van der Waals surface area contributed by atoms with Crippen LogP contribution in [-0.2, 0) is 9.59 Å². The zero-order valence-corrected chi connectivity index (χ0v) is 25.6. The highest BCUT2D eigenvalue weighted by Gasteiger charge is 2.13. The van der Waals surface area contributed by atoms with Crippen molar-refractivity contribution in [2.24, 2.45) is 0 Å². The fraction of sp³-hybridized carbons (Fsp3) is 0.0667. The number of hydrogen-bond acceptors (Lipinski definition) is 11. The third kappa shape index (κ3) is 7.84. The van der Waals surface area contributed by atoms with Crippen LogP contribution in [0.4, 0.5) is 22.7 Å². The van der Waals surface area contributed by atoms with E-state index in [4.69, 9.17) is 4.74 Å². The van der Waals surface area contributed by atoms with E-state index < -0.39 is 9.85 Å². The Kier molecular flexibility index (Phi) is 8.98. The first-order valence-corrected chi connectivity index (χ1v) is 15.7. The van der Waals surface area contributed by atoms with Gasteiger partial charge in [0.15, 0.2) is 10.3 Å². The summed E-state index contributed by atoms with van der Waals surface area (Å²) in [5.74, 6) is 0.584. The summed E-state index contributed by atoms with van der Waals surface area (Å²) in [6.45, 7) is 0. The van der Waals surface area contributed by atoms with E-state index in [1.807, 2.05) is 0 Å². The average Bonchev–Trinajstić information content (AvgIpc) is 3.66. The van der Waals surface area contributed by atoms with E-state index >= 15 is 0 Å². The van der Waals surface area contributed by atoms with Crippen molar-refractivity contribution >= 4 is 80.2 Å². The monoisotopic (exact) mass is 670 g/mol. The number of benzene rings is 4. The number of amides is 2. The summed E-state index contributed by atoms with van der Waals surface area (Å²) in [6.07, 6.45) is 0. The van der Waals surface area contributed by atoms with E-state index in [9.17, 15) is 29.8 Å². The van der Waals surface area contributed by atoms with Crippen LogP contribution in [0.2, 0.25) is 0 Å². The molecule has 0 saturated heterocycles. The molecule has 236 valence electrons. The number of anilines is 2. The van der Waals surface area contributed by atoms with Crippen LogP contribution < -0.4 is 15.4 Å². The van der Waals surface area contributed by atoms with Gasteiger partial charge < -0.3 is 25.3 Å². The molecule has 2 heterocycles. The Morgan fingerprint density at radius 2 is 1.21 bits per heavy atom. The van der Waals surface area contributed by atoms with Crippen LogP contribution >= 0.6 is 23.5 Å². The molecule has 0 saturated carbocycles. The van der Waals surface area contributed by atoms with E-state index in [-0.39, 0.29) is 34.7 Å². The highest BCUT2D eigenvalue weighted by molar-refractivity contribution is 8.00. The number of hydrogen-bond donors (Lipinski definition) is 4. The van der Waals surface area contributed by atoms with Crippen molar-refractivity contribution in [2.75, 3.05) is 22.1 Å². The molecule has 0 bridgehead atoms. The lowest BCUT2D eigenvalue weighted by Crippen LogP contribution is -2.14. The van der Waals surface area contributed by atoms with Crippen molar-refractivity contribution in [3.8, 4) is 11.5 Å². The summed E-state index contributed by atoms with van der Waals surface area (Å²) in [4.78, 5) is 60.7. The molecular weight excluding hydrogens is 649 g/mol. The number of nitrogens with zero attached hydrogens (tertiary/aromatic N) is 4. The molecule has 6 rings (SSSR count). The smallest absolute Gasteiger partial charge is 0.271 e. The van der Waals surface area contributed by atoms with Gasteiger partial charge in [-0.3, -0.25) is 29.8 Å². The van der Waals surface area contributed by atoms with Gasteiger partial charge >= 0.3 is 0 Å². The fourth-order valence-corrected chi connectivity index (χ4v) is 5.72. The highest BCUT2D eigenvalue weighted by Crippen LogP contribution is 2.28. The van der Waals surface area contributed by atoms with E-state index in [1.54, 1.807) is 60.7 Å². The third-order valence-corrected chi connectivity index (χ3v) is 8.23. The molecule has 47 heavy (non-hydrogen) atoms. The molecule has 0 aliphatic heterocycles. The summed E-state index contributed by atoms with van der Waals surface area (Å²) < 4.78 is 5.92. The number of nitrogens with one attached hydrogen (secondary N) is 4. The molecule has 4 N–H and O–H groups in total. The van der Waals surface area contributed by atoms with Gasteiger partial charge in [0.1, 0.15) is 11.5 Å². The Morgan fingerprint density at radius 3 is 1.74 bits per heavy atom. The van der Waals surface area contributed by atoms with Crippen LogP contribution in [0.1, 0.15) is 0 Å². The molecule has 0 unspecified atom stereocenters. The lowest BCUT2D eigenvalue weighted by Gasteiger charge is -2.10. The summed E-state index contributed by atoms with van der Waals surface area (Å²) in [5.41, 5.74) is 3.15. The Hall–Kier alpha value is -5.94. The number of nitro benzene ring substituents is 2. The summed E-state index contributed by atoms with van der Waals surface area (Å²) >= 11 is 2.34. The van der Waals surface area contributed by atoms with Crippen molar-refractivity contribution in [2.45, 2.75) is 10.3 Å². The van der Waals surface area contributed by atoms with Crippen molar-refractivity contribution in [1.82, 2.24) is 19.9 Å². The quantitative estimate of drug-likeness (QED) is 0.0626. The van der Waals surface area contributed by atoms with Crippen LogP contribution in [-0.4, -0.2) is 53.1 Å². The molecule has 2 aromatic heterocycles. The number of rotatable bonds is 12. The van der Waals surface area contributed by atoms with Gasteiger partial charge in [-0.15, -0.1) is 0 Å². The minimum atomic E-state index is -0.484. The van der Waals surface area contributed by atoms with Gasteiger partial charge in [0, 0.05) is 41.7 Å². The molecule has 2 amide bonds. The zero-order chi connectivity index (χ0) is 32.9. The standard InChI is InChI=1S/C30H22N8O7S2/c39-27(15-46-29-33-23-10-6-19(37(41)42)13-25(23)35-29)31-17-4-8-21(9-5-17)45-22-3-1-2-18(12-22)32-28(40)16-47-30-34-24-11-7-20(38(43)44)14-26(24)36-30/h1-14H,15-16H2,(H,31,39)(H,32,40)(H,33,35)(H,34,36). The van der Waals surface area contributed by atoms with E-state index in [1.165, 1.54) is 47.8 Å². The minimum Gasteiger partial charge on any atom is -0.457 e. The van der Waals surface area contributed by atoms with Crippen molar-refractivity contribution in [3.05, 3.63) is 105 Å². The molecule has 4 aromatic carbocycles. The molecule has 17 heteroatoms. The molecule has 0 aliphatic carbocycles. The second-order valence-electron chi connectivity index (χ2n) is 9.83. The molecular formula is C30H22N8O7S2. The first-order chi connectivity index (χ1) is 22.7. The second kappa shape index (κ2) is 13.6. The predicted octanol–water partition coefficient (Wildman–Crippen LogP) is 6.51. The molecule has 0 radical (unpaired) electrons. The van der Waals surface area contributed by atoms with Gasteiger partial charge in [-0.2, -0.15) is 0 Å². The summed E-state index contributed by atoms with van der Waals surface area (Å²) in [7, 11) is 0. The first kappa shape index (κ1) is 31.1. The van der Waals surface area contributed by atoms with Gasteiger partial charge in [-0.05, 0) is 48.5 Å². The average molecular weight is 671 g/mol. The molecule has 0 spiro atoms. The number of thioether (sulfide) groups is 2. The number of ether oxygens (including phenoxy) is 1. The van der Waals surface area contributed by atoms with Crippen LogP contribution in [0.5, 0.6) is 11.5 Å². The topological polar surface area (TPSA) is 211 Å². The number of non-ortho nitro benzene ring substituents is 2. The number of fused-ring (bicyclic) bond motifs is 2. The lowest BCUT2D eigenvalue weighted by atomic mass is 10.2. The van der Waals surface area contributed by atoms with E-state index in [0.29, 0.717) is 55.3 Å². The van der Waals surface area contributed by atoms with E-state index in [0.717, 1.165) is 0 Å². The molecule has 0 atom stereocenters. The molecule has 6 aromatic rings. The number of imidazole rings is 2. The summed E-state index contributed by atoms with van der Waals surface area (Å²) in [6, 6.07) is 22.3. The zero-order valence-electron chi connectivity index (χ0n) is 24.0. The van der Waals surface area contributed by atoms with Crippen LogP contribution in [0.15, 0.2) is 95.2 Å². The van der Waals surface area contributed by atoms with Crippen LogP contribution in [0, 0.1) is 20.2 Å². The van der Waals surface area contributed by atoms with Crippen molar-refractivity contribution in [1.29, 1.82) is 0 Å². The van der Waals surface area contributed by atoms with Gasteiger partial charge in [-0.1, -0.05) is 29.6 Å². The molecule has 0 fully saturated rings. The Balaban J connectivity index is 0.973. The first-order valence-electron chi connectivity index (χ1n) is 13.7. The maximum atomic E-state index is 12.6. The number of nitro groups is 2.